The molecule has 12 nitrogen and oxygen atoms in total. The maximum atomic E-state index is 13.7. The summed E-state index contributed by atoms with van der Waals surface area (Å²) in [5, 5.41) is -1.42. The number of sulfonamides is 2. The fourth-order valence-electron chi connectivity index (χ4n) is 5.10. The van der Waals surface area contributed by atoms with Gasteiger partial charge in [-0.1, -0.05) is 60.7 Å². The van der Waals surface area contributed by atoms with E-state index in [1.807, 2.05) is 0 Å². The van der Waals surface area contributed by atoms with E-state index in [2.05, 4.69) is 9.44 Å². The van der Waals surface area contributed by atoms with E-state index >= 15 is 0 Å². The minimum atomic E-state index is -4.66. The molecule has 0 saturated carbocycles. The lowest BCUT2D eigenvalue weighted by molar-refractivity contribution is -0.120. The van der Waals surface area contributed by atoms with Crippen LogP contribution in [0.2, 0.25) is 0 Å². The zero-order valence-electron chi connectivity index (χ0n) is 27.6. The van der Waals surface area contributed by atoms with Crippen LogP contribution in [0.4, 0.5) is 11.4 Å². The lowest BCUT2D eigenvalue weighted by atomic mass is 10.1. The van der Waals surface area contributed by atoms with Gasteiger partial charge in [0, 0.05) is 25.5 Å². The lowest BCUT2D eigenvalue weighted by Gasteiger charge is -2.26. The number of rotatable bonds is 16. The van der Waals surface area contributed by atoms with Crippen LogP contribution in [0.5, 0.6) is 11.5 Å². The summed E-state index contributed by atoms with van der Waals surface area (Å²) in [7, 11) is -3.31. The standard InChI is InChI=1S/C35H40N4O8S2/c1-38(28-15-19-30(46-3)20-16-28)34(40)32(23-26-11-7-5-8-12-26)36-48(42,43)25-49(44,45)37-33(24-27-13-9-6-10-14-27)35(41)39(2)29-17-21-31(47-4)22-18-29/h5-22,32-33,36-37H,23-25H2,1-4H3/t32-,33?/m0/s1. The Labute approximate surface area is 287 Å². The molecule has 0 spiro atoms. The van der Waals surface area contributed by atoms with Crippen LogP contribution in [0.3, 0.4) is 0 Å². The predicted octanol–water partition coefficient (Wildman–Crippen LogP) is 3.35. The molecule has 2 amide bonds. The van der Waals surface area contributed by atoms with Crippen molar-refractivity contribution in [2.24, 2.45) is 0 Å². The third kappa shape index (κ3) is 10.6. The molecule has 4 aromatic rings. The first-order valence-electron chi connectivity index (χ1n) is 15.2. The first-order valence-corrected chi connectivity index (χ1v) is 18.5. The highest BCUT2D eigenvalue weighted by atomic mass is 32.3. The number of ether oxygens (including phenoxy) is 2. The molecule has 4 aromatic carbocycles. The molecule has 1 unspecified atom stereocenters. The number of likely N-dealkylation sites (N-methyl/N-ethyl adjacent to an activating group) is 2. The van der Waals surface area contributed by atoms with Crippen LogP contribution in [-0.4, -0.2) is 74.1 Å². The molecule has 0 bridgehead atoms. The van der Waals surface area contributed by atoms with Crippen molar-refractivity contribution in [2.75, 3.05) is 43.2 Å². The number of hydrogen-bond donors (Lipinski definition) is 2. The van der Waals surface area contributed by atoms with Gasteiger partial charge in [0.15, 0.2) is 5.08 Å². The molecule has 0 aliphatic carbocycles. The summed E-state index contributed by atoms with van der Waals surface area (Å²) in [6, 6.07) is 28.0. The number of nitrogens with zero attached hydrogens (tertiary/aromatic N) is 2. The Morgan fingerprint density at radius 1 is 0.571 bits per heavy atom. The average Bonchev–Trinajstić information content (AvgIpc) is 3.10. The highest BCUT2D eigenvalue weighted by Gasteiger charge is 2.34. The second kappa shape index (κ2) is 16.6. The Hall–Kier alpha value is -4.76. The van der Waals surface area contributed by atoms with Crippen LogP contribution in [0, 0.1) is 0 Å². The number of carbonyl (C=O) groups is 2. The van der Waals surface area contributed by atoms with E-state index in [0.29, 0.717) is 34.0 Å². The highest BCUT2D eigenvalue weighted by Crippen LogP contribution is 2.21. The summed E-state index contributed by atoms with van der Waals surface area (Å²) in [6.07, 6.45) is -0.0940. The summed E-state index contributed by atoms with van der Waals surface area (Å²) < 4.78 is 69.0. The van der Waals surface area contributed by atoms with Gasteiger partial charge in [-0.15, -0.1) is 0 Å². The summed E-state index contributed by atoms with van der Waals surface area (Å²) in [6.45, 7) is 0. The Kier molecular flexibility index (Phi) is 12.5. The van der Waals surface area contributed by atoms with Crippen LogP contribution < -0.4 is 28.7 Å². The fraction of sp³-hybridized carbons (Fsp3) is 0.257. The van der Waals surface area contributed by atoms with E-state index in [0.717, 1.165) is 0 Å². The van der Waals surface area contributed by atoms with E-state index in [-0.39, 0.29) is 12.8 Å². The predicted molar refractivity (Wildman–Crippen MR) is 190 cm³/mol. The highest BCUT2D eigenvalue weighted by molar-refractivity contribution is 8.06. The maximum Gasteiger partial charge on any atom is 0.245 e. The Bertz CT molecular complexity index is 1770. The van der Waals surface area contributed by atoms with Crippen LogP contribution >= 0.6 is 0 Å². The van der Waals surface area contributed by atoms with E-state index in [9.17, 15) is 26.4 Å². The molecule has 0 heterocycles. The third-order valence-electron chi connectivity index (χ3n) is 7.70. The molecule has 260 valence electrons. The summed E-state index contributed by atoms with van der Waals surface area (Å²) in [4.78, 5) is 30.0. The van der Waals surface area contributed by atoms with Gasteiger partial charge in [0.1, 0.15) is 23.6 Å². The van der Waals surface area contributed by atoms with E-state index in [1.54, 1.807) is 109 Å². The van der Waals surface area contributed by atoms with Gasteiger partial charge in [0.2, 0.25) is 31.9 Å². The van der Waals surface area contributed by atoms with Crippen molar-refractivity contribution in [1.82, 2.24) is 9.44 Å². The minimum Gasteiger partial charge on any atom is -0.497 e. The van der Waals surface area contributed by atoms with Crippen molar-refractivity contribution >= 4 is 43.2 Å². The molecule has 0 aliphatic heterocycles. The number of amides is 2. The Morgan fingerprint density at radius 2 is 0.898 bits per heavy atom. The first-order chi connectivity index (χ1) is 23.3. The smallest absolute Gasteiger partial charge is 0.245 e. The van der Waals surface area contributed by atoms with Gasteiger partial charge in [0.05, 0.1) is 14.2 Å². The SMILES string of the molecule is COc1ccc(N(C)C(=O)C(Cc2ccccc2)NS(=O)(=O)CS(=O)(=O)N[C@@H](Cc2ccccc2)C(=O)N(C)c2ccc(OC)cc2)cc1. The second-order valence-corrected chi connectivity index (χ2v) is 15.1. The number of hydrogen-bond acceptors (Lipinski definition) is 8. The number of nitrogens with one attached hydrogen (secondary N) is 2. The van der Waals surface area contributed by atoms with Crippen molar-refractivity contribution in [2.45, 2.75) is 24.9 Å². The van der Waals surface area contributed by atoms with E-state index < -0.39 is 49.0 Å². The summed E-state index contributed by atoms with van der Waals surface area (Å²) in [5.74, 6) is -0.0754. The molecule has 49 heavy (non-hydrogen) atoms. The first kappa shape index (κ1) is 37.1. The molecular formula is C35H40N4O8S2. The normalized spacial score (nSPS) is 12.8. The molecule has 0 aliphatic rings. The van der Waals surface area contributed by atoms with Crippen LogP contribution in [0.25, 0.3) is 0 Å². The average molecular weight is 709 g/mol. The molecule has 4 rings (SSSR count). The van der Waals surface area contributed by atoms with Gasteiger partial charge in [-0.2, -0.15) is 0 Å². The number of carbonyl (C=O) groups excluding carboxylic acids is 2. The monoisotopic (exact) mass is 708 g/mol. The molecule has 2 atom stereocenters. The van der Waals surface area contributed by atoms with Crippen molar-refractivity contribution in [3.05, 3.63) is 120 Å². The van der Waals surface area contributed by atoms with Gasteiger partial charge >= 0.3 is 0 Å². The molecule has 0 fully saturated rings. The van der Waals surface area contributed by atoms with Crippen LogP contribution in [0.15, 0.2) is 109 Å². The van der Waals surface area contributed by atoms with Crippen LogP contribution in [0.1, 0.15) is 11.1 Å². The molecule has 0 aromatic heterocycles. The van der Waals surface area contributed by atoms with Crippen molar-refractivity contribution in [3.63, 3.8) is 0 Å². The number of anilines is 2. The van der Waals surface area contributed by atoms with Gasteiger partial charge in [-0.25, -0.2) is 26.3 Å². The van der Waals surface area contributed by atoms with Gasteiger partial charge in [-0.3, -0.25) is 9.59 Å². The fourth-order valence-corrected chi connectivity index (χ4v) is 8.51. The summed E-state index contributed by atoms with van der Waals surface area (Å²) >= 11 is 0. The molecule has 2 N–H and O–H groups in total. The van der Waals surface area contributed by atoms with Gasteiger partial charge < -0.3 is 19.3 Å². The van der Waals surface area contributed by atoms with Crippen molar-refractivity contribution < 1.29 is 35.9 Å². The Morgan fingerprint density at radius 3 is 1.20 bits per heavy atom. The van der Waals surface area contributed by atoms with Crippen molar-refractivity contribution in [3.8, 4) is 11.5 Å². The Balaban J connectivity index is 1.56. The second-order valence-electron chi connectivity index (χ2n) is 11.3. The largest absolute Gasteiger partial charge is 0.497 e. The molecule has 14 heteroatoms. The number of benzene rings is 4. The van der Waals surface area contributed by atoms with Crippen LogP contribution in [-0.2, 0) is 42.5 Å². The molecule has 0 saturated heterocycles. The third-order valence-corrected chi connectivity index (χ3v) is 11.5. The maximum absolute atomic E-state index is 13.7. The summed E-state index contributed by atoms with van der Waals surface area (Å²) in [5.41, 5.74) is 2.26. The van der Waals surface area contributed by atoms with E-state index in [1.165, 1.54) is 38.1 Å². The quantitative estimate of drug-likeness (QED) is 0.180. The topological polar surface area (TPSA) is 151 Å². The van der Waals surface area contributed by atoms with Crippen molar-refractivity contribution in [1.29, 1.82) is 0 Å². The van der Waals surface area contributed by atoms with Gasteiger partial charge in [0.25, 0.3) is 0 Å². The molecule has 0 radical (unpaired) electrons. The van der Waals surface area contributed by atoms with Gasteiger partial charge in [-0.05, 0) is 72.5 Å². The van der Waals surface area contributed by atoms with E-state index in [4.69, 9.17) is 9.47 Å². The zero-order chi connectivity index (χ0) is 35.6. The lowest BCUT2D eigenvalue weighted by Crippen LogP contribution is -2.53. The molecular weight excluding hydrogens is 669 g/mol. The number of methoxy groups -OCH3 is 2. The minimum absolute atomic E-state index is 0.0470. The zero-order valence-corrected chi connectivity index (χ0v) is 29.3.